The molecule has 0 saturated carbocycles. The molecular weight excluding hydrogens is 532 g/mol. The van der Waals surface area contributed by atoms with E-state index in [1.165, 1.54) is 77.3 Å². The van der Waals surface area contributed by atoms with Crippen LogP contribution in [0.1, 0.15) is 37.1 Å². The quantitative estimate of drug-likeness (QED) is 0.201. The number of aromatic nitrogens is 2. The first-order valence-corrected chi connectivity index (χ1v) is 15.9. The van der Waals surface area contributed by atoms with Crippen molar-refractivity contribution in [3.63, 3.8) is 0 Å². The van der Waals surface area contributed by atoms with E-state index in [1.807, 2.05) is 0 Å². The molecule has 2 atom stereocenters. The van der Waals surface area contributed by atoms with Crippen LogP contribution in [0.25, 0.3) is 66.5 Å². The first kappa shape index (κ1) is 25.4. The van der Waals surface area contributed by atoms with Crippen molar-refractivity contribution in [2.75, 3.05) is 0 Å². The van der Waals surface area contributed by atoms with Crippen LogP contribution in [0.4, 0.5) is 0 Å². The summed E-state index contributed by atoms with van der Waals surface area (Å²) in [6.45, 7) is 4.71. The van der Waals surface area contributed by atoms with Crippen molar-refractivity contribution in [2.24, 2.45) is 11.8 Å². The predicted molar refractivity (Wildman–Crippen MR) is 188 cm³/mol. The molecule has 2 aliphatic rings. The van der Waals surface area contributed by atoms with Gasteiger partial charge < -0.3 is 9.13 Å². The van der Waals surface area contributed by atoms with Crippen LogP contribution in [0.2, 0.25) is 0 Å². The van der Waals surface area contributed by atoms with Gasteiger partial charge in [-0.15, -0.1) is 0 Å². The molecule has 2 aromatic heterocycles. The van der Waals surface area contributed by atoms with E-state index in [4.69, 9.17) is 0 Å². The SMILES string of the molecule is CC1C=Cc2c(c3cc(C4=CC=C(n5c6ccccc6c6ccccc65)C(C)C4)ccc3n2-c2ccc3ccccc3c2)C1. The van der Waals surface area contributed by atoms with Gasteiger partial charge in [0.25, 0.3) is 0 Å². The lowest BCUT2D eigenvalue weighted by molar-refractivity contribution is 0.717. The fourth-order valence-corrected chi connectivity index (χ4v) is 7.77. The molecular formula is C42H34N2. The van der Waals surface area contributed by atoms with Crippen molar-refractivity contribution in [3.8, 4) is 5.69 Å². The van der Waals surface area contributed by atoms with E-state index >= 15 is 0 Å². The third-order valence-corrected chi connectivity index (χ3v) is 9.91. The van der Waals surface area contributed by atoms with Crippen LogP contribution in [-0.2, 0) is 6.42 Å². The summed E-state index contributed by atoms with van der Waals surface area (Å²) < 4.78 is 4.96. The number of hydrogen-bond donors (Lipinski definition) is 0. The van der Waals surface area contributed by atoms with Crippen LogP contribution in [0.3, 0.4) is 0 Å². The van der Waals surface area contributed by atoms with Gasteiger partial charge in [0.1, 0.15) is 0 Å². The van der Waals surface area contributed by atoms with Gasteiger partial charge >= 0.3 is 0 Å². The summed E-state index contributed by atoms with van der Waals surface area (Å²) in [6, 6.07) is 40.3. The smallest absolute Gasteiger partial charge is 0.0538 e. The fourth-order valence-electron chi connectivity index (χ4n) is 7.77. The van der Waals surface area contributed by atoms with Crippen molar-refractivity contribution >= 4 is 60.8 Å². The zero-order chi connectivity index (χ0) is 29.4. The number of para-hydroxylation sites is 2. The van der Waals surface area contributed by atoms with E-state index in [1.54, 1.807) is 0 Å². The monoisotopic (exact) mass is 566 g/mol. The molecule has 0 fully saturated rings. The van der Waals surface area contributed by atoms with Gasteiger partial charge in [-0.1, -0.05) is 98.8 Å². The first-order valence-electron chi connectivity index (χ1n) is 15.9. The van der Waals surface area contributed by atoms with E-state index in [-0.39, 0.29) is 0 Å². The van der Waals surface area contributed by atoms with E-state index in [0.717, 1.165) is 12.8 Å². The Hall–Kier alpha value is -5.08. The molecule has 0 saturated heterocycles. The minimum Gasteiger partial charge on any atom is -0.313 e. The highest BCUT2D eigenvalue weighted by Crippen LogP contribution is 2.41. The number of rotatable bonds is 3. The summed E-state index contributed by atoms with van der Waals surface area (Å²) in [4.78, 5) is 0. The molecule has 212 valence electrons. The van der Waals surface area contributed by atoms with Crippen LogP contribution >= 0.6 is 0 Å². The second-order valence-electron chi connectivity index (χ2n) is 12.8. The van der Waals surface area contributed by atoms with E-state index < -0.39 is 0 Å². The molecule has 2 heteroatoms. The normalized spacial score (nSPS) is 18.2. The minimum absolute atomic E-state index is 0.393. The van der Waals surface area contributed by atoms with Crippen LogP contribution < -0.4 is 0 Å². The Morgan fingerprint density at radius 1 is 0.591 bits per heavy atom. The number of hydrogen-bond acceptors (Lipinski definition) is 0. The molecule has 2 nitrogen and oxygen atoms in total. The standard InChI is InChI=1S/C42H34N2/c1-27-15-20-41-36(23-27)37-26-32(18-22-42(37)43(41)33-19-16-29-9-3-4-10-30(29)25-33)31-17-21-38(28(2)24-31)44-39-13-7-5-11-34(39)35-12-6-8-14-40(35)44/h3-22,25-28H,23-24H2,1-2H3. The van der Waals surface area contributed by atoms with Crippen molar-refractivity contribution in [1.29, 1.82) is 0 Å². The Labute approximate surface area is 257 Å². The van der Waals surface area contributed by atoms with Crippen LogP contribution in [-0.4, -0.2) is 9.13 Å². The topological polar surface area (TPSA) is 9.86 Å². The van der Waals surface area contributed by atoms with Crippen molar-refractivity contribution in [3.05, 3.63) is 144 Å². The van der Waals surface area contributed by atoms with Crippen LogP contribution in [0, 0.1) is 11.8 Å². The average molecular weight is 567 g/mol. The highest BCUT2D eigenvalue weighted by atomic mass is 15.0. The number of allylic oxidation sites excluding steroid dienone is 5. The molecule has 44 heavy (non-hydrogen) atoms. The third kappa shape index (κ3) is 3.80. The van der Waals surface area contributed by atoms with Crippen molar-refractivity contribution in [1.82, 2.24) is 9.13 Å². The summed E-state index contributed by atoms with van der Waals surface area (Å²) in [6.07, 6.45) is 11.5. The Balaban J connectivity index is 1.18. The minimum atomic E-state index is 0.393. The van der Waals surface area contributed by atoms with E-state index in [9.17, 15) is 0 Å². The second kappa shape index (κ2) is 9.72. The Morgan fingerprint density at radius 3 is 2.07 bits per heavy atom. The highest BCUT2D eigenvalue weighted by Gasteiger charge is 2.24. The van der Waals surface area contributed by atoms with Gasteiger partial charge in [-0.2, -0.15) is 0 Å². The van der Waals surface area contributed by atoms with Crippen molar-refractivity contribution in [2.45, 2.75) is 26.7 Å². The molecule has 0 amide bonds. The molecule has 2 heterocycles. The summed E-state index contributed by atoms with van der Waals surface area (Å²) in [5, 5.41) is 6.57. The number of benzene rings is 5. The van der Waals surface area contributed by atoms with Crippen LogP contribution in [0.15, 0.2) is 127 Å². The highest BCUT2D eigenvalue weighted by molar-refractivity contribution is 6.10. The van der Waals surface area contributed by atoms with Gasteiger partial charge in [-0.25, -0.2) is 0 Å². The summed E-state index contributed by atoms with van der Waals surface area (Å²) in [7, 11) is 0. The molecule has 0 bridgehead atoms. The molecule has 0 aliphatic heterocycles. The molecule has 0 spiro atoms. The summed E-state index contributed by atoms with van der Waals surface area (Å²) in [5.74, 6) is 0.927. The molecule has 5 aromatic carbocycles. The maximum Gasteiger partial charge on any atom is 0.0538 e. The second-order valence-corrected chi connectivity index (χ2v) is 12.8. The third-order valence-electron chi connectivity index (χ3n) is 9.91. The van der Waals surface area contributed by atoms with Gasteiger partial charge in [0.05, 0.1) is 16.6 Å². The van der Waals surface area contributed by atoms with Crippen LogP contribution in [0.5, 0.6) is 0 Å². The lowest BCUT2D eigenvalue weighted by Gasteiger charge is -2.24. The van der Waals surface area contributed by atoms with Gasteiger partial charge in [-0.05, 0) is 94.8 Å². The summed E-state index contributed by atoms with van der Waals surface area (Å²) >= 11 is 0. The summed E-state index contributed by atoms with van der Waals surface area (Å²) in [5.41, 5.74) is 12.0. The van der Waals surface area contributed by atoms with Gasteiger partial charge in [-0.3, -0.25) is 0 Å². The van der Waals surface area contributed by atoms with Gasteiger partial charge in [0.2, 0.25) is 0 Å². The molecule has 7 aromatic rings. The molecule has 9 rings (SSSR count). The lowest BCUT2D eigenvalue weighted by Crippen LogP contribution is -2.10. The Morgan fingerprint density at radius 2 is 1.30 bits per heavy atom. The van der Waals surface area contributed by atoms with E-state index in [0.29, 0.717) is 11.8 Å². The van der Waals surface area contributed by atoms with Gasteiger partial charge in [0.15, 0.2) is 0 Å². The lowest BCUT2D eigenvalue weighted by atomic mass is 9.87. The zero-order valence-electron chi connectivity index (χ0n) is 25.2. The number of fused-ring (bicyclic) bond motifs is 7. The first-order chi connectivity index (χ1) is 21.6. The Bertz CT molecular complexity index is 2320. The maximum absolute atomic E-state index is 2.49. The van der Waals surface area contributed by atoms with Crippen molar-refractivity contribution < 1.29 is 0 Å². The molecule has 0 radical (unpaired) electrons. The Kier molecular flexibility index (Phi) is 5.62. The molecule has 2 aliphatic carbocycles. The zero-order valence-corrected chi connectivity index (χ0v) is 25.2. The average Bonchev–Trinajstić information content (AvgIpc) is 3.57. The largest absolute Gasteiger partial charge is 0.313 e. The maximum atomic E-state index is 2.49. The van der Waals surface area contributed by atoms with E-state index in [2.05, 4.69) is 156 Å². The molecule has 0 N–H and O–H groups in total. The van der Waals surface area contributed by atoms with Gasteiger partial charge in [0, 0.05) is 39.2 Å². The number of nitrogens with zero attached hydrogens (tertiary/aromatic N) is 2. The predicted octanol–water partition coefficient (Wildman–Crippen LogP) is 11.1. The molecule has 2 unspecified atom stereocenters. The fraction of sp³-hybridized carbons (Fsp3) is 0.143.